The number of alkyl halides is 3. The number of hydrogen-bond acceptors (Lipinski definition) is 2. The Kier molecular flexibility index (Phi) is 5.88. The van der Waals surface area contributed by atoms with Gasteiger partial charge in [0.15, 0.2) is 0 Å². The number of rotatable bonds is 2. The molecule has 0 aliphatic carbocycles. The van der Waals surface area contributed by atoms with E-state index in [0.29, 0.717) is 17.5 Å². The molecule has 0 saturated carbocycles. The molecule has 2 saturated heterocycles. The highest BCUT2D eigenvalue weighted by molar-refractivity contribution is 6.30. The number of nitrogens with zero attached hydrogens (tertiary/aromatic N) is 1. The second kappa shape index (κ2) is 7.18. The van der Waals surface area contributed by atoms with Crippen LogP contribution in [0, 0.1) is 5.41 Å². The molecule has 3 rings (SSSR count). The molecule has 2 fully saturated rings. The molecule has 0 radical (unpaired) electrons. The minimum absolute atomic E-state index is 0. The van der Waals surface area contributed by atoms with Gasteiger partial charge >= 0.3 is 6.18 Å². The van der Waals surface area contributed by atoms with Gasteiger partial charge in [0.25, 0.3) is 0 Å². The number of likely N-dealkylation sites (tertiary alicyclic amines) is 1. The third-order valence-electron chi connectivity index (χ3n) is 4.87. The molecule has 0 bridgehead atoms. The summed E-state index contributed by atoms with van der Waals surface area (Å²) in [5.41, 5.74) is 0.341. The van der Waals surface area contributed by atoms with Crippen LogP contribution in [0.4, 0.5) is 13.2 Å². The molecule has 0 unspecified atom stereocenters. The van der Waals surface area contributed by atoms with Crippen LogP contribution in [-0.2, 0) is 12.7 Å². The first-order valence-electron chi connectivity index (χ1n) is 7.66. The molecule has 7 heteroatoms. The average molecular weight is 369 g/mol. The van der Waals surface area contributed by atoms with Crippen molar-refractivity contribution in [1.82, 2.24) is 10.2 Å². The van der Waals surface area contributed by atoms with Crippen molar-refractivity contribution in [3.63, 3.8) is 0 Å². The Bertz CT molecular complexity index is 543. The van der Waals surface area contributed by atoms with Gasteiger partial charge in [-0.05, 0) is 68.1 Å². The maximum atomic E-state index is 12.9. The topological polar surface area (TPSA) is 15.3 Å². The van der Waals surface area contributed by atoms with Gasteiger partial charge in [-0.3, -0.25) is 4.90 Å². The Hall–Kier alpha value is -0.490. The maximum Gasteiger partial charge on any atom is 0.416 e. The molecular formula is C16H21Cl2F3N2. The third-order valence-corrected chi connectivity index (χ3v) is 5.09. The standard InChI is InChI=1S/C16H20ClF3N2.ClH/c17-14-8-12(7-13(9-14)16(18,19)20)10-22-6-3-15(11-22)1-4-21-5-2-15;/h7-9,21H,1-6,10-11H2;1H. The van der Waals surface area contributed by atoms with Crippen LogP contribution >= 0.6 is 24.0 Å². The minimum atomic E-state index is -4.35. The first kappa shape index (κ1) is 18.8. The molecule has 1 aromatic carbocycles. The van der Waals surface area contributed by atoms with E-state index in [0.717, 1.165) is 51.5 Å². The molecule has 1 N–H and O–H groups in total. The largest absolute Gasteiger partial charge is 0.416 e. The first-order valence-corrected chi connectivity index (χ1v) is 8.04. The number of piperidine rings is 1. The van der Waals surface area contributed by atoms with Crippen molar-refractivity contribution in [3.05, 3.63) is 34.3 Å². The van der Waals surface area contributed by atoms with Gasteiger partial charge in [0, 0.05) is 18.1 Å². The summed E-state index contributed by atoms with van der Waals surface area (Å²) in [6.07, 6.45) is -0.887. The second-order valence-electron chi connectivity index (χ2n) is 6.56. The van der Waals surface area contributed by atoms with Gasteiger partial charge < -0.3 is 5.32 Å². The summed E-state index contributed by atoms with van der Waals surface area (Å²) in [6.45, 7) is 4.56. The summed E-state index contributed by atoms with van der Waals surface area (Å²) in [6, 6.07) is 3.85. The van der Waals surface area contributed by atoms with Gasteiger partial charge in [-0.2, -0.15) is 13.2 Å². The van der Waals surface area contributed by atoms with E-state index >= 15 is 0 Å². The average Bonchev–Trinajstić information content (AvgIpc) is 2.80. The molecule has 0 aromatic heterocycles. The highest BCUT2D eigenvalue weighted by Crippen LogP contribution is 2.39. The summed E-state index contributed by atoms with van der Waals surface area (Å²) in [4.78, 5) is 2.26. The second-order valence-corrected chi connectivity index (χ2v) is 6.99. The van der Waals surface area contributed by atoms with Crippen molar-refractivity contribution in [2.75, 3.05) is 26.2 Å². The Morgan fingerprint density at radius 1 is 1.13 bits per heavy atom. The lowest BCUT2D eigenvalue weighted by molar-refractivity contribution is -0.137. The van der Waals surface area contributed by atoms with E-state index in [4.69, 9.17) is 11.6 Å². The summed E-state index contributed by atoms with van der Waals surface area (Å²) in [7, 11) is 0. The molecule has 2 aliphatic heterocycles. The van der Waals surface area contributed by atoms with Crippen LogP contribution in [0.5, 0.6) is 0 Å². The fourth-order valence-electron chi connectivity index (χ4n) is 3.69. The van der Waals surface area contributed by atoms with Crippen LogP contribution < -0.4 is 5.32 Å². The Balaban J connectivity index is 0.00000192. The minimum Gasteiger partial charge on any atom is -0.317 e. The van der Waals surface area contributed by atoms with Crippen molar-refractivity contribution >= 4 is 24.0 Å². The van der Waals surface area contributed by atoms with Crippen molar-refractivity contribution in [2.45, 2.75) is 32.0 Å². The van der Waals surface area contributed by atoms with Crippen molar-refractivity contribution in [3.8, 4) is 0 Å². The number of halogens is 5. The van der Waals surface area contributed by atoms with Gasteiger partial charge in [0.1, 0.15) is 0 Å². The predicted molar refractivity (Wildman–Crippen MR) is 88.1 cm³/mol. The zero-order valence-electron chi connectivity index (χ0n) is 12.8. The molecule has 0 amide bonds. The highest BCUT2D eigenvalue weighted by Gasteiger charge is 2.39. The zero-order valence-corrected chi connectivity index (χ0v) is 14.3. The maximum absolute atomic E-state index is 12.9. The van der Waals surface area contributed by atoms with Crippen molar-refractivity contribution in [2.24, 2.45) is 5.41 Å². The summed E-state index contributed by atoms with van der Waals surface area (Å²) in [5, 5.41) is 3.52. The van der Waals surface area contributed by atoms with Gasteiger partial charge in [-0.1, -0.05) is 11.6 Å². The van der Waals surface area contributed by atoms with Crippen LogP contribution in [0.15, 0.2) is 18.2 Å². The normalized spacial score (nSPS) is 21.4. The van der Waals surface area contributed by atoms with Crippen LogP contribution in [0.2, 0.25) is 5.02 Å². The molecule has 2 aliphatic rings. The summed E-state index contributed by atoms with van der Waals surface area (Å²) < 4.78 is 38.6. The summed E-state index contributed by atoms with van der Waals surface area (Å²) >= 11 is 5.86. The molecule has 2 nitrogen and oxygen atoms in total. The van der Waals surface area contributed by atoms with Crippen LogP contribution in [-0.4, -0.2) is 31.1 Å². The molecule has 1 aromatic rings. The van der Waals surface area contributed by atoms with Gasteiger partial charge in [0.2, 0.25) is 0 Å². The van der Waals surface area contributed by atoms with Gasteiger partial charge in [0.05, 0.1) is 5.56 Å². The lowest BCUT2D eigenvalue weighted by atomic mass is 9.78. The third kappa shape index (κ3) is 4.53. The summed E-state index contributed by atoms with van der Waals surface area (Å²) in [5.74, 6) is 0. The highest BCUT2D eigenvalue weighted by atomic mass is 35.5. The van der Waals surface area contributed by atoms with E-state index in [1.807, 2.05) is 0 Å². The Morgan fingerprint density at radius 2 is 1.83 bits per heavy atom. The van der Waals surface area contributed by atoms with E-state index < -0.39 is 11.7 Å². The van der Waals surface area contributed by atoms with Crippen LogP contribution in [0.3, 0.4) is 0 Å². The fraction of sp³-hybridized carbons (Fsp3) is 0.625. The molecule has 0 atom stereocenters. The quantitative estimate of drug-likeness (QED) is 0.834. The lowest BCUT2D eigenvalue weighted by Crippen LogP contribution is -2.38. The molecule has 2 heterocycles. The Morgan fingerprint density at radius 3 is 2.48 bits per heavy atom. The van der Waals surface area contributed by atoms with Crippen molar-refractivity contribution in [1.29, 1.82) is 0 Å². The smallest absolute Gasteiger partial charge is 0.317 e. The monoisotopic (exact) mass is 368 g/mol. The van der Waals surface area contributed by atoms with Crippen LogP contribution in [0.1, 0.15) is 30.4 Å². The van der Waals surface area contributed by atoms with Gasteiger partial charge in [-0.15, -0.1) is 12.4 Å². The first-order chi connectivity index (χ1) is 10.4. The molecular weight excluding hydrogens is 348 g/mol. The van der Waals surface area contributed by atoms with E-state index in [1.54, 1.807) is 6.07 Å². The van der Waals surface area contributed by atoms with Crippen molar-refractivity contribution < 1.29 is 13.2 Å². The number of benzene rings is 1. The molecule has 1 spiro atoms. The zero-order chi connectivity index (χ0) is 15.8. The predicted octanol–water partition coefficient (Wildman–Crippen LogP) is 4.36. The number of nitrogens with one attached hydrogen (secondary N) is 1. The molecule has 130 valence electrons. The van der Waals surface area contributed by atoms with E-state index in [9.17, 15) is 13.2 Å². The van der Waals surface area contributed by atoms with E-state index in [2.05, 4.69) is 10.2 Å². The SMILES string of the molecule is Cl.FC(F)(F)c1cc(Cl)cc(CN2CCC3(CCNCC3)C2)c1. The van der Waals surface area contributed by atoms with E-state index in [-0.39, 0.29) is 17.4 Å². The molecule has 23 heavy (non-hydrogen) atoms. The van der Waals surface area contributed by atoms with Crippen LogP contribution in [0.25, 0.3) is 0 Å². The van der Waals surface area contributed by atoms with E-state index in [1.165, 1.54) is 6.07 Å². The fourth-order valence-corrected chi connectivity index (χ4v) is 3.95. The Labute approximate surface area is 145 Å². The van der Waals surface area contributed by atoms with Gasteiger partial charge in [-0.25, -0.2) is 0 Å². The number of hydrogen-bond donors (Lipinski definition) is 1. The lowest BCUT2D eigenvalue weighted by Gasteiger charge is -2.34.